The van der Waals surface area contributed by atoms with Gasteiger partial charge in [0, 0.05) is 12.8 Å². The van der Waals surface area contributed by atoms with E-state index in [1.165, 1.54) is 64.2 Å². The average Bonchev–Trinajstić information content (AvgIpc) is 3.18. The maximum absolute atomic E-state index is 13.5. The zero-order valence-electron chi connectivity index (χ0n) is 20.4. The van der Waals surface area contributed by atoms with E-state index in [2.05, 4.69) is 6.92 Å². The van der Waals surface area contributed by atoms with E-state index in [0.29, 0.717) is 6.42 Å². The highest BCUT2D eigenvalue weighted by Gasteiger charge is 2.36. The Morgan fingerprint density at radius 1 is 1.06 bits per heavy atom. The molecule has 0 spiro atoms. The van der Waals surface area contributed by atoms with Gasteiger partial charge >= 0.3 is 11.7 Å². The molecule has 2 heterocycles. The van der Waals surface area contributed by atoms with Crippen molar-refractivity contribution in [3.05, 3.63) is 32.9 Å². The minimum absolute atomic E-state index is 0.0203. The largest absolute Gasteiger partial charge is 0.463 e. The Bertz CT molecular complexity index is 839. The summed E-state index contributed by atoms with van der Waals surface area (Å²) < 4.78 is 25.1. The number of ether oxygens (including phenoxy) is 2. The molecule has 0 saturated carbocycles. The number of aromatic nitrogens is 2. The van der Waals surface area contributed by atoms with Gasteiger partial charge in [-0.25, -0.2) is 4.79 Å². The average molecular weight is 485 g/mol. The maximum atomic E-state index is 13.5. The summed E-state index contributed by atoms with van der Waals surface area (Å²) in [4.78, 5) is 36.9. The topological polar surface area (TPSA) is 111 Å². The zero-order valence-corrected chi connectivity index (χ0v) is 20.4. The monoisotopic (exact) mass is 484 g/mol. The second kappa shape index (κ2) is 15.8. The molecule has 1 saturated heterocycles. The van der Waals surface area contributed by atoms with Gasteiger partial charge in [-0.2, -0.15) is 4.39 Å². The van der Waals surface area contributed by atoms with E-state index in [0.717, 1.165) is 30.0 Å². The molecule has 9 heteroatoms. The van der Waals surface area contributed by atoms with Crippen LogP contribution in [0, 0.1) is 5.82 Å². The molecule has 0 bridgehead atoms. The Balaban J connectivity index is 1.51. The van der Waals surface area contributed by atoms with Crippen LogP contribution in [0.2, 0.25) is 0 Å². The van der Waals surface area contributed by atoms with Gasteiger partial charge in [0.1, 0.15) is 18.9 Å². The number of halogens is 1. The van der Waals surface area contributed by atoms with Crippen molar-refractivity contribution in [3.63, 3.8) is 0 Å². The molecule has 2 N–H and O–H groups in total. The maximum Gasteiger partial charge on any atom is 0.330 e. The van der Waals surface area contributed by atoms with Crippen molar-refractivity contribution in [1.29, 1.82) is 0 Å². The van der Waals surface area contributed by atoms with Gasteiger partial charge in [0.15, 0.2) is 0 Å². The normalized spacial score (nSPS) is 20.0. The summed E-state index contributed by atoms with van der Waals surface area (Å²) in [7, 11) is 0. The third-order valence-corrected chi connectivity index (χ3v) is 6.33. The number of carbonyl (C=O) groups excluding carboxylic acids is 1. The molecule has 1 aromatic heterocycles. The molecule has 0 radical (unpaired) electrons. The molecular formula is C25H41FN2O6. The number of hydrogen-bond donors (Lipinski definition) is 2. The SMILES string of the molecule is CCCCCCCCCCCCCCCC(=O)OC[C@@H]1O[C@H](n2cc(F)c(=O)[nH]c2=O)CC1O. The lowest BCUT2D eigenvalue weighted by Gasteiger charge is -2.16. The predicted octanol–water partition coefficient (Wildman–Crippen LogP) is 4.35. The van der Waals surface area contributed by atoms with Crippen molar-refractivity contribution >= 4 is 5.97 Å². The van der Waals surface area contributed by atoms with Gasteiger partial charge in [-0.15, -0.1) is 0 Å². The molecule has 1 unspecified atom stereocenters. The van der Waals surface area contributed by atoms with Crippen LogP contribution in [-0.4, -0.2) is 39.4 Å². The number of unbranched alkanes of at least 4 members (excludes halogenated alkanes) is 12. The van der Waals surface area contributed by atoms with E-state index < -0.39 is 35.5 Å². The Morgan fingerprint density at radius 3 is 2.21 bits per heavy atom. The molecule has 1 fully saturated rings. The van der Waals surface area contributed by atoms with Crippen molar-refractivity contribution < 1.29 is 23.8 Å². The van der Waals surface area contributed by atoms with Crippen molar-refractivity contribution in [3.8, 4) is 0 Å². The number of aliphatic hydroxyl groups is 1. The van der Waals surface area contributed by atoms with Crippen LogP contribution in [0.5, 0.6) is 0 Å². The molecule has 3 atom stereocenters. The number of aliphatic hydroxyl groups excluding tert-OH is 1. The van der Waals surface area contributed by atoms with Gasteiger partial charge in [0.2, 0.25) is 5.82 Å². The molecule has 8 nitrogen and oxygen atoms in total. The molecule has 1 aliphatic heterocycles. The molecule has 34 heavy (non-hydrogen) atoms. The third-order valence-electron chi connectivity index (χ3n) is 6.33. The van der Waals surface area contributed by atoms with Crippen LogP contribution in [0.3, 0.4) is 0 Å². The number of H-pyrrole nitrogens is 1. The zero-order chi connectivity index (χ0) is 24.8. The van der Waals surface area contributed by atoms with Crippen molar-refractivity contribution in [2.75, 3.05) is 6.61 Å². The fourth-order valence-corrected chi connectivity index (χ4v) is 4.24. The van der Waals surface area contributed by atoms with Crippen LogP contribution >= 0.6 is 0 Å². The lowest BCUT2D eigenvalue weighted by Crippen LogP contribution is -2.34. The van der Waals surface area contributed by atoms with Gasteiger partial charge in [-0.1, -0.05) is 84.0 Å². The summed E-state index contributed by atoms with van der Waals surface area (Å²) >= 11 is 0. The molecular weight excluding hydrogens is 443 g/mol. The van der Waals surface area contributed by atoms with Crippen molar-refractivity contribution in [1.82, 2.24) is 9.55 Å². The summed E-state index contributed by atoms with van der Waals surface area (Å²) in [5, 5.41) is 10.1. The standard InChI is InChI=1S/C25H41FN2O6/c1-2-3-4-5-6-7-8-9-10-11-12-13-14-15-23(30)33-18-21-20(29)16-22(34-21)28-17-19(26)24(31)27-25(28)32/h17,20-22,29H,2-16,18H2,1H3,(H,27,31,32)/t20?,21-,22-/m0/s1. The van der Waals surface area contributed by atoms with Crippen LogP contribution in [0.4, 0.5) is 4.39 Å². The first-order valence-corrected chi connectivity index (χ1v) is 12.9. The highest BCUT2D eigenvalue weighted by Crippen LogP contribution is 2.28. The van der Waals surface area contributed by atoms with E-state index in [9.17, 15) is 23.9 Å². The summed E-state index contributed by atoms with van der Waals surface area (Å²) in [6.07, 6.45) is 14.3. The molecule has 0 aromatic carbocycles. The van der Waals surface area contributed by atoms with Crippen LogP contribution in [0.25, 0.3) is 0 Å². The van der Waals surface area contributed by atoms with Crippen molar-refractivity contribution in [2.24, 2.45) is 0 Å². The molecule has 2 rings (SSSR count). The Morgan fingerprint density at radius 2 is 1.62 bits per heavy atom. The number of aromatic amines is 1. The lowest BCUT2D eigenvalue weighted by molar-refractivity contribution is -0.150. The van der Waals surface area contributed by atoms with Crippen LogP contribution in [-0.2, 0) is 14.3 Å². The number of carbonyl (C=O) groups is 1. The summed E-state index contributed by atoms with van der Waals surface area (Å²) in [5.41, 5.74) is -1.94. The quantitative estimate of drug-likeness (QED) is 0.251. The first kappa shape index (κ1) is 28.2. The Labute approximate surface area is 200 Å². The van der Waals surface area contributed by atoms with Crippen LogP contribution in [0.1, 0.15) is 109 Å². The van der Waals surface area contributed by atoms with E-state index in [1.54, 1.807) is 0 Å². The van der Waals surface area contributed by atoms with E-state index >= 15 is 0 Å². The van der Waals surface area contributed by atoms with E-state index in [4.69, 9.17) is 9.47 Å². The minimum Gasteiger partial charge on any atom is -0.463 e. The first-order chi connectivity index (χ1) is 16.4. The summed E-state index contributed by atoms with van der Waals surface area (Å²) in [6.45, 7) is 2.10. The molecule has 0 aliphatic carbocycles. The molecule has 1 aliphatic rings. The highest BCUT2D eigenvalue weighted by atomic mass is 19.1. The van der Waals surface area contributed by atoms with Crippen LogP contribution < -0.4 is 11.2 Å². The Hall–Kier alpha value is -2.00. The highest BCUT2D eigenvalue weighted by molar-refractivity contribution is 5.69. The number of rotatable bonds is 17. The summed E-state index contributed by atoms with van der Waals surface area (Å²) in [5.74, 6) is -1.47. The van der Waals surface area contributed by atoms with E-state index in [-0.39, 0.29) is 19.0 Å². The molecule has 0 amide bonds. The predicted molar refractivity (Wildman–Crippen MR) is 127 cm³/mol. The van der Waals surface area contributed by atoms with Gasteiger partial charge in [-0.3, -0.25) is 19.1 Å². The van der Waals surface area contributed by atoms with Gasteiger partial charge in [0.05, 0.1) is 12.3 Å². The second-order valence-corrected chi connectivity index (χ2v) is 9.25. The number of hydrogen-bond acceptors (Lipinski definition) is 6. The molecule has 194 valence electrons. The fraction of sp³-hybridized carbons (Fsp3) is 0.800. The molecule has 1 aromatic rings. The minimum atomic E-state index is -1.12. The number of nitrogens with one attached hydrogen (secondary N) is 1. The Kier molecular flexibility index (Phi) is 13.1. The second-order valence-electron chi connectivity index (χ2n) is 9.25. The fourth-order valence-electron chi connectivity index (χ4n) is 4.24. The summed E-state index contributed by atoms with van der Waals surface area (Å²) in [6, 6.07) is 0. The van der Waals surface area contributed by atoms with Gasteiger partial charge in [-0.05, 0) is 6.42 Å². The smallest absolute Gasteiger partial charge is 0.330 e. The van der Waals surface area contributed by atoms with E-state index in [1.807, 2.05) is 4.98 Å². The van der Waals surface area contributed by atoms with Crippen molar-refractivity contribution in [2.45, 2.75) is 122 Å². The van der Waals surface area contributed by atoms with Crippen LogP contribution in [0.15, 0.2) is 15.8 Å². The van der Waals surface area contributed by atoms with Gasteiger partial charge < -0.3 is 14.6 Å². The third kappa shape index (κ3) is 10.1. The first-order valence-electron chi connectivity index (χ1n) is 12.9. The lowest BCUT2D eigenvalue weighted by atomic mass is 10.0. The number of esters is 1. The van der Waals surface area contributed by atoms with Gasteiger partial charge in [0.25, 0.3) is 5.56 Å². The number of nitrogens with zero attached hydrogens (tertiary/aromatic N) is 1.